The fourth-order valence-electron chi connectivity index (χ4n) is 5.60. The third kappa shape index (κ3) is 5.47. The van der Waals surface area contributed by atoms with Gasteiger partial charge in [0.2, 0.25) is 31.2 Å². The predicted octanol–water partition coefficient (Wildman–Crippen LogP) is 4.64. The van der Waals surface area contributed by atoms with Crippen LogP contribution in [-0.2, 0) is 26.3 Å². The average molecular weight is 733 g/mol. The molecule has 16 nitrogen and oxygen atoms in total. The lowest BCUT2D eigenvalue weighted by molar-refractivity contribution is -0.389. The molecule has 0 aromatic heterocycles. The number of hydrogen-bond acceptors (Lipinski definition) is 14. The number of carbonyl (C=O) groups excluding carboxylic acids is 2. The average Bonchev–Trinajstić information content (AvgIpc) is 3.10. The number of sulfone groups is 2. The highest BCUT2D eigenvalue weighted by atomic mass is 32.2. The molecule has 0 saturated carbocycles. The molecule has 2 aliphatic rings. The van der Waals surface area contributed by atoms with Gasteiger partial charge in [-0.05, 0) is 42.0 Å². The van der Waals surface area contributed by atoms with Crippen LogP contribution in [0.5, 0.6) is 23.0 Å². The molecule has 18 heteroatoms. The first kappa shape index (κ1) is 34.2. The molecule has 0 radical (unpaired) electrons. The Labute approximate surface area is 286 Å². The number of nitro groups is 2. The van der Waals surface area contributed by atoms with Crippen molar-refractivity contribution in [3.63, 3.8) is 0 Å². The second-order valence-corrected chi connectivity index (χ2v) is 14.6. The van der Waals surface area contributed by atoms with Crippen LogP contribution in [0.2, 0.25) is 0 Å². The van der Waals surface area contributed by atoms with Gasteiger partial charge < -0.3 is 20.1 Å². The predicted molar refractivity (Wildman–Crippen MR) is 173 cm³/mol. The zero-order valence-corrected chi connectivity index (χ0v) is 27.0. The third-order valence-electron chi connectivity index (χ3n) is 7.87. The summed E-state index contributed by atoms with van der Waals surface area (Å²) in [6.45, 7) is -0.0398. The molecule has 5 aromatic rings. The highest BCUT2D eigenvalue weighted by Crippen LogP contribution is 2.49. The molecule has 0 bridgehead atoms. The zero-order chi connectivity index (χ0) is 37.0. The molecule has 3 N–H and O–H groups in total. The Balaban J connectivity index is 0.000000183. The third-order valence-corrected chi connectivity index (χ3v) is 11.6. The maximum absolute atomic E-state index is 13.0. The number of nitro benzene ring substituents is 2. The number of hydrogen-bond donors (Lipinski definition) is 3. The van der Waals surface area contributed by atoms with Crippen molar-refractivity contribution in [2.45, 2.75) is 26.2 Å². The number of rotatable bonds is 5. The van der Waals surface area contributed by atoms with Crippen molar-refractivity contribution < 1.29 is 56.3 Å². The highest BCUT2D eigenvalue weighted by Gasteiger charge is 2.45. The normalized spacial score (nSPS) is 14.4. The highest BCUT2D eigenvalue weighted by molar-refractivity contribution is 7.92. The van der Waals surface area contributed by atoms with E-state index in [1.54, 1.807) is 30.3 Å². The summed E-state index contributed by atoms with van der Waals surface area (Å²) in [6, 6.07) is 21.3. The molecule has 2 heterocycles. The summed E-state index contributed by atoms with van der Waals surface area (Å²) in [7, 11) is -8.78. The first-order valence-electron chi connectivity index (χ1n) is 14.3. The maximum Gasteiger partial charge on any atom is 0.334 e. The van der Waals surface area contributed by atoms with Crippen molar-refractivity contribution in [3.8, 4) is 23.0 Å². The summed E-state index contributed by atoms with van der Waals surface area (Å²) in [5.41, 5.74) is -2.75. The van der Waals surface area contributed by atoms with Gasteiger partial charge in [0.1, 0.15) is 6.61 Å². The van der Waals surface area contributed by atoms with Crippen LogP contribution >= 0.6 is 0 Å². The Kier molecular flexibility index (Phi) is 8.28. The van der Waals surface area contributed by atoms with Crippen LogP contribution in [0.3, 0.4) is 0 Å². The van der Waals surface area contributed by atoms with Crippen molar-refractivity contribution in [1.82, 2.24) is 0 Å². The molecular weight excluding hydrogens is 712 g/mol. The molecule has 258 valence electrons. The van der Waals surface area contributed by atoms with Gasteiger partial charge in [-0.3, -0.25) is 29.8 Å². The quantitative estimate of drug-likeness (QED) is 0.124. The minimum Gasteiger partial charge on any atom is -0.504 e. The van der Waals surface area contributed by atoms with Crippen LogP contribution in [0.1, 0.15) is 37.4 Å². The SMILES string of the molecule is O=C1c2ccccc2S(=O)(=O)c2c1cc(O)c(O)c2[N+](=O)[O-].O=C1c2ccccc2S(=O)(=O)c2c1cc(OCc1ccccc1)c(O)c2[N+](=O)[O-]. The van der Waals surface area contributed by atoms with Crippen LogP contribution < -0.4 is 4.74 Å². The van der Waals surface area contributed by atoms with E-state index in [0.717, 1.165) is 17.7 Å². The molecule has 0 atom stereocenters. The summed E-state index contributed by atoms with van der Waals surface area (Å²) in [5.74, 6) is -4.90. The number of phenolic OH excluding ortho intramolecular Hbond substituents is 3. The van der Waals surface area contributed by atoms with E-state index in [-0.39, 0.29) is 33.3 Å². The molecule has 51 heavy (non-hydrogen) atoms. The van der Waals surface area contributed by atoms with E-state index in [9.17, 15) is 62.0 Å². The van der Waals surface area contributed by atoms with Gasteiger partial charge in [0.05, 0.1) is 30.8 Å². The number of ketones is 2. The summed E-state index contributed by atoms with van der Waals surface area (Å²) in [6.07, 6.45) is 0. The second kappa shape index (κ2) is 12.3. The molecule has 0 fully saturated rings. The summed E-state index contributed by atoms with van der Waals surface area (Å²) >= 11 is 0. The minimum atomic E-state index is -4.39. The van der Waals surface area contributed by atoms with Crippen LogP contribution in [-0.4, -0.2) is 53.6 Å². The fraction of sp³-hybridized carbons (Fsp3) is 0.0303. The topological polar surface area (TPSA) is 259 Å². The second-order valence-electron chi connectivity index (χ2n) is 10.9. The zero-order valence-electron chi connectivity index (χ0n) is 25.4. The maximum atomic E-state index is 13.0. The van der Waals surface area contributed by atoms with Crippen LogP contribution in [0.25, 0.3) is 0 Å². The van der Waals surface area contributed by atoms with Crippen molar-refractivity contribution in [1.29, 1.82) is 0 Å². The number of carbonyl (C=O) groups is 2. The van der Waals surface area contributed by atoms with Gasteiger partial charge in [0, 0.05) is 11.1 Å². The number of ether oxygens (including phenoxy) is 1. The van der Waals surface area contributed by atoms with Crippen molar-refractivity contribution in [2.75, 3.05) is 0 Å². The van der Waals surface area contributed by atoms with Gasteiger partial charge in [0.25, 0.3) is 0 Å². The van der Waals surface area contributed by atoms with Gasteiger partial charge >= 0.3 is 11.4 Å². The van der Waals surface area contributed by atoms with Crippen LogP contribution in [0.15, 0.2) is 111 Å². The van der Waals surface area contributed by atoms with E-state index in [2.05, 4.69) is 0 Å². The van der Waals surface area contributed by atoms with Crippen LogP contribution in [0.4, 0.5) is 11.4 Å². The largest absolute Gasteiger partial charge is 0.504 e. The van der Waals surface area contributed by atoms with Crippen molar-refractivity contribution >= 4 is 42.6 Å². The smallest absolute Gasteiger partial charge is 0.334 e. The van der Waals surface area contributed by atoms with Gasteiger partial charge in [0.15, 0.2) is 32.9 Å². The van der Waals surface area contributed by atoms with Crippen LogP contribution in [0, 0.1) is 20.2 Å². The van der Waals surface area contributed by atoms with E-state index in [4.69, 9.17) is 4.74 Å². The lowest BCUT2D eigenvalue weighted by Gasteiger charge is -2.20. The van der Waals surface area contributed by atoms with E-state index >= 15 is 0 Å². The lowest BCUT2D eigenvalue weighted by Crippen LogP contribution is -2.21. The molecule has 2 aliphatic heterocycles. The molecule has 0 aliphatic carbocycles. The monoisotopic (exact) mass is 732 g/mol. The first-order valence-corrected chi connectivity index (χ1v) is 17.3. The van der Waals surface area contributed by atoms with E-state index in [1.807, 2.05) is 0 Å². The lowest BCUT2D eigenvalue weighted by atomic mass is 10.0. The van der Waals surface area contributed by atoms with Gasteiger partial charge in [-0.2, -0.15) is 0 Å². The van der Waals surface area contributed by atoms with Gasteiger partial charge in [-0.1, -0.05) is 54.6 Å². The molecule has 0 spiro atoms. The Morgan fingerprint density at radius 2 is 1.02 bits per heavy atom. The number of nitrogens with zero attached hydrogens (tertiary/aromatic N) is 2. The number of fused-ring (bicyclic) bond motifs is 4. The number of aromatic hydroxyl groups is 3. The molecular formula is C33H20N2O14S2. The van der Waals surface area contributed by atoms with E-state index < -0.39 is 90.6 Å². The molecule has 0 unspecified atom stereocenters. The summed E-state index contributed by atoms with van der Waals surface area (Å²) in [4.78, 5) is 43.4. The Hall–Kier alpha value is -6.66. The standard InChI is InChI=1S/C20H13NO7S.C13H7NO7S/c22-18-13-8-4-5-9-16(13)29(26,27)20-14(18)10-15(19(23)17(20)21(24)25)28-11-12-6-2-1-3-7-12;15-8-5-7-11(16)6-3-1-2-4-9(6)22(20,21)13(7)10(12(8)17)14(18)19/h1-10,23H,11H2;1-5,15,17H. The van der Waals surface area contributed by atoms with E-state index in [0.29, 0.717) is 6.07 Å². The Morgan fingerprint density at radius 3 is 1.51 bits per heavy atom. The van der Waals surface area contributed by atoms with Crippen molar-refractivity contribution in [3.05, 3.63) is 139 Å². The summed E-state index contributed by atoms with van der Waals surface area (Å²) in [5, 5.41) is 52.3. The van der Waals surface area contributed by atoms with Gasteiger partial charge in [-0.15, -0.1) is 0 Å². The van der Waals surface area contributed by atoms with E-state index in [1.165, 1.54) is 42.5 Å². The molecule has 0 saturated heterocycles. The van der Waals surface area contributed by atoms with Gasteiger partial charge in [-0.25, -0.2) is 16.8 Å². The minimum absolute atomic E-state index is 0.0398. The molecule has 0 amide bonds. The first-order chi connectivity index (χ1) is 24.1. The Morgan fingerprint density at radius 1 is 0.588 bits per heavy atom. The Bertz CT molecular complexity index is 2590. The fourth-order valence-corrected chi connectivity index (χ4v) is 9.19. The molecule has 5 aromatic carbocycles. The number of phenols is 3. The molecule has 7 rings (SSSR count). The number of benzene rings is 5. The summed E-state index contributed by atoms with van der Waals surface area (Å²) < 4.78 is 56.6. The van der Waals surface area contributed by atoms with Crippen molar-refractivity contribution in [2.24, 2.45) is 0 Å².